The molecule has 2 aliphatic heterocycles. The fourth-order valence-corrected chi connectivity index (χ4v) is 9.72. The SMILES string of the molecule is C=C.CCC1C=CC(OCCOCCOCCOCC(COCCOCCOCCO/N=C/c2cn(O)c3ccccc23)OCCOCCOCCN2Cc3ccccc3C3C(N=NN3c3ccc(SC#N)cc3)c3ccccc32)=CC1.CS. The molecule has 1 N–H and O–H groups in total. The van der Waals surface area contributed by atoms with Crippen LogP contribution in [0.1, 0.15) is 54.1 Å². The van der Waals surface area contributed by atoms with E-state index in [-0.39, 0.29) is 24.8 Å². The summed E-state index contributed by atoms with van der Waals surface area (Å²) in [5.41, 5.74) is 6.96. The van der Waals surface area contributed by atoms with Crippen molar-refractivity contribution in [1.82, 2.24) is 4.73 Å². The van der Waals surface area contributed by atoms with E-state index >= 15 is 0 Å². The first kappa shape index (κ1) is 66.9. The van der Waals surface area contributed by atoms with Gasteiger partial charge in [0.1, 0.15) is 42.6 Å². The first-order chi connectivity index (χ1) is 41.6. The monoisotopic (exact) mass is 1190 g/mol. The maximum absolute atomic E-state index is 10.0. The number of oxime groups is 1. The van der Waals surface area contributed by atoms with Gasteiger partial charge in [-0.3, -0.25) is 0 Å². The summed E-state index contributed by atoms with van der Waals surface area (Å²) < 4.78 is 59.7. The van der Waals surface area contributed by atoms with Crippen LogP contribution in [0.25, 0.3) is 10.9 Å². The van der Waals surface area contributed by atoms with Gasteiger partial charge < -0.3 is 62.3 Å². The Hall–Kier alpha value is -6.26. The molecule has 8 rings (SSSR count). The number of para-hydroxylation sites is 2. The predicted molar refractivity (Wildman–Crippen MR) is 331 cm³/mol. The lowest BCUT2D eigenvalue weighted by Gasteiger charge is -2.35. The molecule has 5 aromatic rings. The number of allylic oxidation sites excluding steroid dienone is 3. The van der Waals surface area contributed by atoms with Crippen LogP contribution in [0.4, 0.5) is 11.4 Å². The number of benzene rings is 4. The zero-order valence-electron chi connectivity index (χ0n) is 48.5. The first-order valence-corrected chi connectivity index (χ1v) is 30.2. The Morgan fingerprint density at radius 1 is 0.726 bits per heavy atom. The number of fused-ring (bicyclic) bond motifs is 6. The predicted octanol–water partition coefficient (Wildman–Crippen LogP) is 11.2. The highest BCUT2D eigenvalue weighted by atomic mass is 32.2. The van der Waals surface area contributed by atoms with Crippen LogP contribution in [-0.2, 0) is 58.8 Å². The van der Waals surface area contributed by atoms with Crippen LogP contribution in [0.3, 0.4) is 0 Å². The second-order valence-electron chi connectivity index (χ2n) is 18.9. The summed E-state index contributed by atoms with van der Waals surface area (Å²) in [5.74, 6) is 1.51. The van der Waals surface area contributed by atoms with Crippen molar-refractivity contribution in [3.8, 4) is 5.40 Å². The molecule has 454 valence electrons. The number of hydrogen-bond acceptors (Lipinski definition) is 20. The molecule has 0 saturated carbocycles. The van der Waals surface area contributed by atoms with Gasteiger partial charge in [0.05, 0.1) is 136 Å². The Morgan fingerprint density at radius 3 is 1.99 bits per heavy atom. The molecule has 3 heterocycles. The number of nitriles is 1. The summed E-state index contributed by atoms with van der Waals surface area (Å²) in [6.07, 6.45) is 13.1. The highest BCUT2D eigenvalue weighted by Crippen LogP contribution is 2.49. The van der Waals surface area contributed by atoms with Gasteiger partial charge in [-0.2, -0.15) is 27.7 Å². The maximum atomic E-state index is 10.0. The van der Waals surface area contributed by atoms with E-state index in [0.29, 0.717) is 143 Å². The van der Waals surface area contributed by atoms with E-state index in [2.05, 4.69) is 115 Å². The van der Waals surface area contributed by atoms with Crippen molar-refractivity contribution in [2.75, 3.05) is 148 Å². The molecule has 21 heteroatoms. The van der Waals surface area contributed by atoms with Crippen molar-refractivity contribution < 1.29 is 57.4 Å². The van der Waals surface area contributed by atoms with Crippen molar-refractivity contribution in [2.45, 2.75) is 49.4 Å². The second kappa shape index (κ2) is 40.1. The van der Waals surface area contributed by atoms with E-state index in [4.69, 9.17) is 67.8 Å². The quantitative estimate of drug-likeness (QED) is 0.00553. The van der Waals surface area contributed by atoms with Crippen molar-refractivity contribution in [3.63, 3.8) is 0 Å². The van der Waals surface area contributed by atoms with Gasteiger partial charge >= 0.3 is 0 Å². The normalized spacial score (nSPS) is 16.3. The van der Waals surface area contributed by atoms with Crippen molar-refractivity contribution in [3.05, 3.63) is 163 Å². The highest BCUT2D eigenvalue weighted by Gasteiger charge is 2.40. The number of thiol groups is 1. The third-order valence-electron chi connectivity index (χ3n) is 13.5. The molecule has 4 unspecified atom stereocenters. The van der Waals surface area contributed by atoms with E-state index in [1.54, 1.807) is 18.7 Å². The number of hydrogen-bond donors (Lipinski definition) is 2. The summed E-state index contributed by atoms with van der Waals surface area (Å²) in [4.78, 5) is 8.57. The minimum atomic E-state index is -0.329. The standard InChI is InChI=1S/C60H75N7O12S.C2H4.CH4S/c1-2-47-15-19-51(20-16-47)77-38-35-73-29-27-70-31-33-75-44-52(45-76-34-32-71-28-30-74-37-40-79-62-41-49-43-66(68)58-14-8-5-10-54(49)58)78-39-36-72-26-25-69-24-23-65-42-48-9-3-4-11-55(48)60-59(56-12-6-7-13-57(56)65)63-64-67(60)50-17-21-53(22-18-50)80-46-61;2*1-2/h3-15,17-22,41,43,47,52,59-60,68H,2,16,23-40,42,44-45H2,1H3;1-2H2;2H,1H3/b62-41+;;. The van der Waals surface area contributed by atoms with Gasteiger partial charge in [-0.15, -0.1) is 13.2 Å². The molecule has 4 atom stereocenters. The Kier molecular flexibility index (Phi) is 31.9. The van der Waals surface area contributed by atoms with E-state index in [1.165, 1.54) is 11.1 Å². The van der Waals surface area contributed by atoms with Crippen molar-refractivity contribution >= 4 is 52.9 Å². The zero-order chi connectivity index (χ0) is 59.2. The van der Waals surface area contributed by atoms with Crippen LogP contribution in [0, 0.1) is 16.6 Å². The van der Waals surface area contributed by atoms with Crippen LogP contribution >= 0.6 is 24.4 Å². The fourth-order valence-electron chi connectivity index (χ4n) is 9.34. The van der Waals surface area contributed by atoms with Gasteiger partial charge in [-0.05, 0) is 96.5 Å². The van der Waals surface area contributed by atoms with Gasteiger partial charge in [0.15, 0.2) is 0 Å². The zero-order valence-corrected chi connectivity index (χ0v) is 50.2. The largest absolute Gasteiger partial charge is 0.492 e. The van der Waals surface area contributed by atoms with Crippen LogP contribution in [0.15, 0.2) is 161 Å². The van der Waals surface area contributed by atoms with E-state index < -0.39 is 0 Å². The molecular formula is C63H83N7O12S2. The first-order valence-electron chi connectivity index (χ1n) is 28.5. The lowest BCUT2D eigenvalue weighted by Crippen LogP contribution is -2.33. The summed E-state index contributed by atoms with van der Waals surface area (Å²) in [6, 6.07) is 32.0. The number of nitrogens with zero attached hydrogens (tertiary/aromatic N) is 7. The molecule has 1 aliphatic carbocycles. The van der Waals surface area contributed by atoms with E-state index in [0.717, 1.165) is 67.9 Å². The average Bonchev–Trinajstić information content (AvgIpc) is 4.31. The molecule has 3 aliphatic rings. The van der Waals surface area contributed by atoms with E-state index in [9.17, 15) is 5.21 Å². The van der Waals surface area contributed by atoms with E-state index in [1.807, 2.05) is 53.5 Å². The summed E-state index contributed by atoms with van der Waals surface area (Å²) in [7, 11) is 0. The number of aromatic nitrogens is 1. The molecule has 0 saturated heterocycles. The molecule has 4 aromatic carbocycles. The Bertz CT molecular complexity index is 2800. The van der Waals surface area contributed by atoms with Crippen molar-refractivity contribution in [2.24, 2.45) is 21.4 Å². The average molecular weight is 1190 g/mol. The molecule has 84 heavy (non-hydrogen) atoms. The molecule has 0 spiro atoms. The summed E-state index contributed by atoms with van der Waals surface area (Å²) in [5, 5.41) is 37.8. The molecule has 0 amide bonds. The minimum Gasteiger partial charge on any atom is -0.492 e. The Morgan fingerprint density at radius 2 is 1.32 bits per heavy atom. The second-order valence-corrected chi connectivity index (χ2v) is 19.7. The van der Waals surface area contributed by atoms with Crippen LogP contribution < -0.4 is 9.91 Å². The molecular weight excluding hydrogens is 1110 g/mol. The molecule has 19 nitrogen and oxygen atoms in total. The lowest BCUT2D eigenvalue weighted by molar-refractivity contribution is -0.0869. The van der Waals surface area contributed by atoms with Gasteiger partial charge in [0, 0.05) is 40.2 Å². The summed E-state index contributed by atoms with van der Waals surface area (Å²) >= 11 is 4.67. The molecule has 0 radical (unpaired) electrons. The van der Waals surface area contributed by atoms with Gasteiger partial charge in [-0.1, -0.05) is 84.0 Å². The molecule has 0 bridgehead atoms. The number of ether oxygens (including phenoxy) is 10. The topological polar surface area (TPSA) is 194 Å². The van der Waals surface area contributed by atoms with Crippen LogP contribution in [0.5, 0.6) is 0 Å². The van der Waals surface area contributed by atoms with Gasteiger partial charge in [-0.25, -0.2) is 5.01 Å². The molecule has 0 fully saturated rings. The smallest absolute Gasteiger partial charge is 0.140 e. The summed E-state index contributed by atoms with van der Waals surface area (Å²) in [6.45, 7) is 17.2. The van der Waals surface area contributed by atoms with Crippen molar-refractivity contribution in [1.29, 1.82) is 5.26 Å². The lowest BCUT2D eigenvalue weighted by atomic mass is 9.87. The highest BCUT2D eigenvalue weighted by molar-refractivity contribution is 8.03. The van der Waals surface area contributed by atoms with Gasteiger partial charge in [0.25, 0.3) is 0 Å². The minimum absolute atomic E-state index is 0.125. The number of anilines is 2. The third kappa shape index (κ3) is 22.0. The van der Waals surface area contributed by atoms with Crippen LogP contribution in [0.2, 0.25) is 0 Å². The number of thioether (sulfide) groups is 1. The van der Waals surface area contributed by atoms with Gasteiger partial charge in [0.2, 0.25) is 0 Å². The fraction of sp³-hybridized carbons (Fsp3) is 0.460. The molecule has 1 aromatic heterocycles. The number of rotatable bonds is 38. The number of thiocyanates is 1. The maximum Gasteiger partial charge on any atom is 0.140 e. The third-order valence-corrected chi connectivity index (χ3v) is 14.1. The Labute approximate surface area is 505 Å². The Balaban J connectivity index is 0.00000277. The van der Waals surface area contributed by atoms with Crippen LogP contribution in [-0.4, -0.2) is 161 Å².